The van der Waals surface area contributed by atoms with Crippen LogP contribution in [0.4, 0.5) is 0 Å². The van der Waals surface area contributed by atoms with Gasteiger partial charge in [-0.2, -0.15) is 0 Å². The zero-order valence-electron chi connectivity index (χ0n) is 12.8. The molecule has 0 radical (unpaired) electrons. The summed E-state index contributed by atoms with van der Waals surface area (Å²) >= 11 is 0. The monoisotopic (exact) mass is 291 g/mol. The summed E-state index contributed by atoms with van der Waals surface area (Å²) in [4.78, 5) is 12.1. The Balaban J connectivity index is 1.84. The van der Waals surface area contributed by atoms with Gasteiger partial charge in [0, 0.05) is 18.9 Å². The number of hydrogen-bond donors (Lipinski definition) is 2. The fraction of sp³-hybridized carbons (Fsp3) is 0.588. The van der Waals surface area contributed by atoms with E-state index in [2.05, 4.69) is 5.32 Å². The molecular formula is C17H25NO3. The number of carbonyl (C=O) groups excluding carboxylic acids is 1. The smallest absolute Gasteiger partial charge is 0.220 e. The molecule has 1 aromatic carbocycles. The van der Waals surface area contributed by atoms with E-state index >= 15 is 0 Å². The normalized spacial score (nSPS) is 22.8. The van der Waals surface area contributed by atoms with Crippen LogP contribution in [-0.4, -0.2) is 30.8 Å². The summed E-state index contributed by atoms with van der Waals surface area (Å²) in [6.45, 7) is 2.61. The molecule has 0 bridgehead atoms. The van der Waals surface area contributed by atoms with Crippen LogP contribution in [0, 0.1) is 5.92 Å². The molecule has 4 heteroatoms. The second kappa shape index (κ2) is 7.46. The van der Waals surface area contributed by atoms with Crippen LogP contribution in [0.3, 0.4) is 0 Å². The lowest BCUT2D eigenvalue weighted by atomic mass is 9.96. The second-order valence-corrected chi connectivity index (χ2v) is 5.91. The fourth-order valence-electron chi connectivity index (χ4n) is 3.03. The first kappa shape index (κ1) is 15.8. The lowest BCUT2D eigenvalue weighted by Gasteiger charge is -2.18. The number of nitrogens with one attached hydrogen (secondary N) is 1. The molecule has 4 nitrogen and oxygen atoms in total. The molecule has 1 saturated carbocycles. The van der Waals surface area contributed by atoms with Gasteiger partial charge in [-0.15, -0.1) is 0 Å². The van der Waals surface area contributed by atoms with Gasteiger partial charge in [-0.1, -0.05) is 31.5 Å². The zero-order valence-corrected chi connectivity index (χ0v) is 12.8. The van der Waals surface area contributed by atoms with E-state index in [1.165, 1.54) is 0 Å². The van der Waals surface area contributed by atoms with E-state index in [1.807, 2.05) is 31.2 Å². The maximum absolute atomic E-state index is 12.1. The highest BCUT2D eigenvalue weighted by molar-refractivity contribution is 5.77. The highest BCUT2D eigenvalue weighted by atomic mass is 16.5. The Morgan fingerprint density at radius 3 is 2.86 bits per heavy atom. The Kier molecular flexibility index (Phi) is 5.62. The topological polar surface area (TPSA) is 58.6 Å². The Bertz CT molecular complexity index is 475. The van der Waals surface area contributed by atoms with Crippen LogP contribution in [0.2, 0.25) is 0 Å². The van der Waals surface area contributed by atoms with Crippen LogP contribution in [0.15, 0.2) is 24.3 Å². The molecule has 2 rings (SSSR count). The van der Waals surface area contributed by atoms with Crippen molar-refractivity contribution >= 4 is 5.91 Å². The summed E-state index contributed by atoms with van der Waals surface area (Å²) in [6, 6.07) is 7.80. The van der Waals surface area contributed by atoms with Gasteiger partial charge in [0.25, 0.3) is 0 Å². The minimum Gasteiger partial charge on any atom is -0.496 e. The lowest BCUT2D eigenvalue weighted by molar-refractivity contribution is -0.121. The summed E-state index contributed by atoms with van der Waals surface area (Å²) in [7, 11) is 1.65. The summed E-state index contributed by atoms with van der Waals surface area (Å²) in [5.41, 5.74) is 1.05. The van der Waals surface area contributed by atoms with E-state index in [0.717, 1.165) is 30.6 Å². The van der Waals surface area contributed by atoms with Crippen LogP contribution < -0.4 is 10.1 Å². The minimum atomic E-state index is -0.253. The van der Waals surface area contributed by atoms with E-state index in [0.29, 0.717) is 13.0 Å². The van der Waals surface area contributed by atoms with Crippen LogP contribution in [0.1, 0.15) is 44.1 Å². The highest BCUT2D eigenvalue weighted by Crippen LogP contribution is 2.28. The van der Waals surface area contributed by atoms with Crippen molar-refractivity contribution in [3.05, 3.63) is 29.8 Å². The third-order valence-electron chi connectivity index (χ3n) is 4.34. The van der Waals surface area contributed by atoms with Crippen molar-refractivity contribution in [2.24, 2.45) is 5.92 Å². The predicted octanol–water partition coefficient (Wildman–Crippen LogP) is 2.47. The maximum Gasteiger partial charge on any atom is 0.220 e. The van der Waals surface area contributed by atoms with Crippen molar-refractivity contribution in [2.75, 3.05) is 13.7 Å². The number of carbonyl (C=O) groups is 1. The molecule has 116 valence electrons. The van der Waals surface area contributed by atoms with Gasteiger partial charge in [0.05, 0.1) is 13.2 Å². The number of methoxy groups -OCH3 is 1. The van der Waals surface area contributed by atoms with Crippen molar-refractivity contribution in [1.82, 2.24) is 5.32 Å². The molecule has 0 aromatic heterocycles. The summed E-state index contributed by atoms with van der Waals surface area (Å²) in [5, 5.41) is 12.7. The van der Waals surface area contributed by atoms with Gasteiger partial charge in [-0.25, -0.2) is 0 Å². The van der Waals surface area contributed by atoms with Crippen molar-refractivity contribution < 1.29 is 14.6 Å². The molecule has 1 amide bonds. The number of ether oxygens (including phenoxy) is 1. The average molecular weight is 291 g/mol. The second-order valence-electron chi connectivity index (χ2n) is 5.91. The molecule has 3 unspecified atom stereocenters. The van der Waals surface area contributed by atoms with Gasteiger partial charge < -0.3 is 15.2 Å². The van der Waals surface area contributed by atoms with Crippen molar-refractivity contribution in [3.8, 4) is 5.75 Å². The first-order chi connectivity index (χ1) is 10.1. The number of hydrogen-bond acceptors (Lipinski definition) is 3. The molecule has 1 aliphatic rings. The third-order valence-corrected chi connectivity index (χ3v) is 4.34. The molecule has 3 atom stereocenters. The number of aliphatic hydroxyl groups excluding tert-OH is 1. The Morgan fingerprint density at radius 2 is 2.19 bits per heavy atom. The quantitative estimate of drug-likeness (QED) is 0.846. The van der Waals surface area contributed by atoms with Crippen LogP contribution in [0.5, 0.6) is 5.75 Å². The Hall–Kier alpha value is -1.55. The number of aliphatic hydroxyl groups is 1. The highest BCUT2D eigenvalue weighted by Gasteiger charge is 2.25. The largest absolute Gasteiger partial charge is 0.496 e. The number of rotatable bonds is 6. The van der Waals surface area contributed by atoms with Crippen molar-refractivity contribution in [3.63, 3.8) is 0 Å². The molecule has 2 N–H and O–H groups in total. The van der Waals surface area contributed by atoms with Gasteiger partial charge >= 0.3 is 0 Å². The van der Waals surface area contributed by atoms with E-state index in [4.69, 9.17) is 4.74 Å². The molecule has 1 aromatic rings. The van der Waals surface area contributed by atoms with Gasteiger partial charge in [0.1, 0.15) is 5.75 Å². The van der Waals surface area contributed by atoms with Crippen LogP contribution in [-0.2, 0) is 4.79 Å². The van der Waals surface area contributed by atoms with E-state index in [1.54, 1.807) is 7.11 Å². The SMILES string of the molecule is COc1ccccc1C(C)CC(=O)NCC1CCCC1O. The molecule has 0 aliphatic heterocycles. The van der Waals surface area contributed by atoms with Gasteiger partial charge in [-0.05, 0) is 30.4 Å². The van der Waals surface area contributed by atoms with Gasteiger partial charge in [0.2, 0.25) is 5.91 Å². The van der Waals surface area contributed by atoms with Crippen molar-refractivity contribution in [1.29, 1.82) is 0 Å². The Labute approximate surface area is 126 Å². The zero-order chi connectivity index (χ0) is 15.2. The lowest BCUT2D eigenvalue weighted by Crippen LogP contribution is -2.32. The maximum atomic E-state index is 12.1. The summed E-state index contributed by atoms with van der Waals surface area (Å²) < 4.78 is 5.34. The first-order valence-corrected chi connectivity index (χ1v) is 7.69. The average Bonchev–Trinajstić information content (AvgIpc) is 2.90. The number of amides is 1. The predicted molar refractivity (Wildman–Crippen MR) is 82.4 cm³/mol. The van der Waals surface area contributed by atoms with E-state index in [-0.39, 0.29) is 23.8 Å². The van der Waals surface area contributed by atoms with Gasteiger partial charge in [-0.3, -0.25) is 4.79 Å². The molecular weight excluding hydrogens is 266 g/mol. The van der Waals surface area contributed by atoms with Crippen LogP contribution in [0.25, 0.3) is 0 Å². The molecule has 0 heterocycles. The molecule has 0 saturated heterocycles. The van der Waals surface area contributed by atoms with E-state index in [9.17, 15) is 9.90 Å². The molecule has 21 heavy (non-hydrogen) atoms. The molecule has 1 aliphatic carbocycles. The molecule has 1 fully saturated rings. The fourth-order valence-corrected chi connectivity index (χ4v) is 3.03. The minimum absolute atomic E-state index is 0.0347. The standard InChI is InChI=1S/C17H25NO3/c1-12(14-7-3-4-9-16(14)21-2)10-17(20)18-11-13-6-5-8-15(13)19/h3-4,7,9,12-13,15,19H,5-6,8,10-11H2,1-2H3,(H,18,20). The number of para-hydroxylation sites is 1. The first-order valence-electron chi connectivity index (χ1n) is 7.69. The van der Waals surface area contributed by atoms with Crippen molar-refractivity contribution in [2.45, 2.75) is 44.6 Å². The Morgan fingerprint density at radius 1 is 1.43 bits per heavy atom. The van der Waals surface area contributed by atoms with Crippen LogP contribution >= 0.6 is 0 Å². The third kappa shape index (κ3) is 4.21. The number of benzene rings is 1. The summed E-state index contributed by atoms with van der Waals surface area (Å²) in [6.07, 6.45) is 3.10. The molecule has 0 spiro atoms. The van der Waals surface area contributed by atoms with E-state index < -0.39 is 0 Å². The van der Waals surface area contributed by atoms with Gasteiger partial charge in [0.15, 0.2) is 0 Å². The summed E-state index contributed by atoms with van der Waals surface area (Å²) in [5.74, 6) is 1.18.